The Bertz CT molecular complexity index is 348. The van der Waals surface area contributed by atoms with Crippen LogP contribution in [0, 0.1) is 5.92 Å². The number of nitrogens with one attached hydrogen (secondary N) is 1. The molecule has 2 N–H and O–H groups in total. The number of aliphatic hydroxyl groups is 1. The Morgan fingerprint density at radius 1 is 1.31 bits per heavy atom. The molecule has 1 aromatic rings. The van der Waals surface area contributed by atoms with Crippen molar-refractivity contribution in [3.05, 3.63) is 28.2 Å². The van der Waals surface area contributed by atoms with Crippen LogP contribution in [0.3, 0.4) is 0 Å². The fourth-order valence-corrected chi connectivity index (χ4v) is 2.85. The van der Waals surface area contributed by atoms with E-state index in [0.29, 0.717) is 0 Å². The van der Waals surface area contributed by atoms with Gasteiger partial charge in [0.1, 0.15) is 0 Å². The molecule has 2 nitrogen and oxygen atoms in total. The zero-order valence-electron chi connectivity index (χ0n) is 9.38. The molecule has 0 saturated heterocycles. The van der Waals surface area contributed by atoms with E-state index in [2.05, 4.69) is 21.2 Å². The van der Waals surface area contributed by atoms with Gasteiger partial charge in [0, 0.05) is 22.3 Å². The molecule has 1 aliphatic rings. The van der Waals surface area contributed by atoms with Crippen molar-refractivity contribution in [3.8, 4) is 0 Å². The summed E-state index contributed by atoms with van der Waals surface area (Å²) in [6.45, 7) is 1.11. The van der Waals surface area contributed by atoms with E-state index in [1.807, 2.05) is 18.2 Å². The molecule has 88 valence electrons. The lowest BCUT2D eigenvalue weighted by atomic mass is 10.1. The largest absolute Gasteiger partial charge is 0.392 e. The van der Waals surface area contributed by atoms with Crippen molar-refractivity contribution in [2.45, 2.75) is 32.3 Å². The molecule has 0 heterocycles. The van der Waals surface area contributed by atoms with Crippen molar-refractivity contribution in [1.82, 2.24) is 0 Å². The molecule has 2 rings (SSSR count). The van der Waals surface area contributed by atoms with E-state index in [0.717, 1.165) is 28.2 Å². The molecule has 1 fully saturated rings. The third kappa shape index (κ3) is 2.77. The third-order valence-electron chi connectivity index (χ3n) is 3.33. The number of benzene rings is 1. The number of halogens is 1. The van der Waals surface area contributed by atoms with Crippen LogP contribution in [0.1, 0.15) is 31.2 Å². The molecule has 3 heteroatoms. The topological polar surface area (TPSA) is 32.3 Å². The lowest BCUT2D eigenvalue weighted by Gasteiger charge is -2.15. The Morgan fingerprint density at radius 3 is 2.75 bits per heavy atom. The maximum absolute atomic E-state index is 9.32. The highest BCUT2D eigenvalue weighted by atomic mass is 79.9. The molecule has 1 aromatic carbocycles. The SMILES string of the molecule is OCc1c(Br)cccc1NCC1CCCC1. The van der Waals surface area contributed by atoms with Gasteiger partial charge in [-0.05, 0) is 30.9 Å². The Balaban J connectivity index is 2.00. The predicted octanol–water partition coefficient (Wildman–Crippen LogP) is 3.54. The van der Waals surface area contributed by atoms with E-state index in [1.54, 1.807) is 0 Å². The van der Waals surface area contributed by atoms with Crippen LogP contribution in [-0.4, -0.2) is 11.7 Å². The molecule has 16 heavy (non-hydrogen) atoms. The average Bonchev–Trinajstić information content (AvgIpc) is 2.79. The second kappa shape index (κ2) is 5.69. The lowest BCUT2D eigenvalue weighted by molar-refractivity contribution is 0.281. The zero-order chi connectivity index (χ0) is 11.4. The van der Waals surface area contributed by atoms with Gasteiger partial charge in [0.15, 0.2) is 0 Å². The van der Waals surface area contributed by atoms with Crippen molar-refractivity contribution in [2.75, 3.05) is 11.9 Å². The third-order valence-corrected chi connectivity index (χ3v) is 4.08. The van der Waals surface area contributed by atoms with Gasteiger partial charge in [-0.25, -0.2) is 0 Å². The fourth-order valence-electron chi connectivity index (χ4n) is 2.35. The van der Waals surface area contributed by atoms with Gasteiger partial charge in [-0.1, -0.05) is 34.8 Å². The van der Waals surface area contributed by atoms with E-state index in [1.165, 1.54) is 25.7 Å². The average molecular weight is 284 g/mol. The first-order valence-corrected chi connectivity index (χ1v) is 6.72. The van der Waals surface area contributed by atoms with E-state index in [9.17, 15) is 5.11 Å². The molecule has 1 aliphatic carbocycles. The zero-order valence-corrected chi connectivity index (χ0v) is 11.0. The van der Waals surface area contributed by atoms with Crippen LogP contribution >= 0.6 is 15.9 Å². The number of rotatable bonds is 4. The summed E-state index contributed by atoms with van der Waals surface area (Å²) in [6.07, 6.45) is 5.43. The Hall–Kier alpha value is -0.540. The Labute approximate surface area is 105 Å². The minimum Gasteiger partial charge on any atom is -0.392 e. The highest BCUT2D eigenvalue weighted by Gasteiger charge is 2.15. The van der Waals surface area contributed by atoms with Crippen LogP contribution in [0.5, 0.6) is 0 Å². The quantitative estimate of drug-likeness (QED) is 0.886. The summed E-state index contributed by atoms with van der Waals surface area (Å²) >= 11 is 3.46. The van der Waals surface area contributed by atoms with Crippen molar-refractivity contribution < 1.29 is 5.11 Å². The van der Waals surface area contributed by atoms with Gasteiger partial charge in [0.05, 0.1) is 6.61 Å². The molecule has 0 spiro atoms. The van der Waals surface area contributed by atoms with Gasteiger partial charge in [-0.2, -0.15) is 0 Å². The van der Waals surface area contributed by atoms with Crippen LogP contribution in [0.25, 0.3) is 0 Å². The summed E-state index contributed by atoms with van der Waals surface area (Å²) in [5.41, 5.74) is 2.02. The second-order valence-electron chi connectivity index (χ2n) is 4.46. The molecule has 0 unspecified atom stereocenters. The Morgan fingerprint density at radius 2 is 2.06 bits per heavy atom. The molecule has 0 aromatic heterocycles. The van der Waals surface area contributed by atoms with E-state index >= 15 is 0 Å². The number of hydrogen-bond acceptors (Lipinski definition) is 2. The molecular formula is C13H18BrNO. The van der Waals surface area contributed by atoms with Gasteiger partial charge in [-0.3, -0.25) is 0 Å². The van der Waals surface area contributed by atoms with Crippen molar-refractivity contribution >= 4 is 21.6 Å². The number of aliphatic hydroxyl groups excluding tert-OH is 1. The molecule has 1 saturated carbocycles. The second-order valence-corrected chi connectivity index (χ2v) is 5.31. The first-order valence-electron chi connectivity index (χ1n) is 5.93. The maximum atomic E-state index is 9.32. The minimum atomic E-state index is 0.0778. The van der Waals surface area contributed by atoms with Gasteiger partial charge < -0.3 is 10.4 Å². The monoisotopic (exact) mass is 283 g/mol. The van der Waals surface area contributed by atoms with Gasteiger partial charge >= 0.3 is 0 Å². The number of hydrogen-bond donors (Lipinski definition) is 2. The van der Waals surface area contributed by atoms with E-state index in [-0.39, 0.29) is 6.61 Å². The maximum Gasteiger partial charge on any atom is 0.0713 e. The van der Waals surface area contributed by atoms with Crippen LogP contribution in [0.15, 0.2) is 22.7 Å². The van der Waals surface area contributed by atoms with Gasteiger partial charge in [-0.15, -0.1) is 0 Å². The van der Waals surface area contributed by atoms with Crippen molar-refractivity contribution in [3.63, 3.8) is 0 Å². The summed E-state index contributed by atoms with van der Waals surface area (Å²) in [5.74, 6) is 0.811. The molecule has 0 radical (unpaired) electrons. The van der Waals surface area contributed by atoms with E-state index < -0.39 is 0 Å². The molecular weight excluding hydrogens is 266 g/mol. The summed E-state index contributed by atoms with van der Waals surface area (Å²) < 4.78 is 0.978. The molecule has 0 amide bonds. The minimum absolute atomic E-state index is 0.0778. The lowest BCUT2D eigenvalue weighted by Crippen LogP contribution is -2.12. The van der Waals surface area contributed by atoms with Crippen LogP contribution in [0.2, 0.25) is 0 Å². The highest BCUT2D eigenvalue weighted by molar-refractivity contribution is 9.10. The van der Waals surface area contributed by atoms with Gasteiger partial charge in [0.2, 0.25) is 0 Å². The summed E-state index contributed by atoms with van der Waals surface area (Å²) in [4.78, 5) is 0. The first kappa shape index (κ1) is 11.9. The van der Waals surface area contributed by atoms with Crippen LogP contribution in [-0.2, 0) is 6.61 Å². The summed E-state index contributed by atoms with van der Waals surface area (Å²) in [6, 6.07) is 6.00. The predicted molar refractivity (Wildman–Crippen MR) is 70.5 cm³/mol. The summed E-state index contributed by atoms with van der Waals surface area (Å²) in [7, 11) is 0. The Kier molecular flexibility index (Phi) is 4.24. The smallest absolute Gasteiger partial charge is 0.0713 e. The van der Waals surface area contributed by atoms with Crippen molar-refractivity contribution in [2.24, 2.45) is 5.92 Å². The molecule has 0 bridgehead atoms. The van der Waals surface area contributed by atoms with Crippen LogP contribution in [0.4, 0.5) is 5.69 Å². The van der Waals surface area contributed by atoms with E-state index in [4.69, 9.17) is 0 Å². The van der Waals surface area contributed by atoms with Crippen molar-refractivity contribution in [1.29, 1.82) is 0 Å². The first-order chi connectivity index (χ1) is 7.81. The summed E-state index contributed by atoms with van der Waals surface area (Å²) in [5, 5.41) is 12.8. The van der Waals surface area contributed by atoms with Crippen LogP contribution < -0.4 is 5.32 Å². The molecule has 0 aliphatic heterocycles. The fraction of sp³-hybridized carbons (Fsp3) is 0.538. The highest BCUT2D eigenvalue weighted by Crippen LogP contribution is 2.28. The normalized spacial score (nSPS) is 16.6. The number of anilines is 1. The molecule has 0 atom stereocenters. The standard InChI is InChI=1S/C13H18BrNO/c14-12-6-3-7-13(11(12)9-16)15-8-10-4-1-2-5-10/h3,6-7,10,15-16H,1-2,4-5,8-9H2. The van der Waals surface area contributed by atoms with Gasteiger partial charge in [0.25, 0.3) is 0 Å².